The molecule has 0 spiro atoms. The second kappa shape index (κ2) is 6.82. The number of hydrogen-bond acceptors (Lipinski definition) is 3. The zero-order valence-corrected chi connectivity index (χ0v) is 10.8. The summed E-state index contributed by atoms with van der Waals surface area (Å²) in [5.41, 5.74) is 0. The molecule has 0 aromatic carbocycles. The molecule has 0 atom stereocenters. The smallest absolute Gasteiger partial charge is 0.117 e. The Labute approximate surface area is 104 Å². The van der Waals surface area contributed by atoms with Gasteiger partial charge >= 0.3 is 0 Å². The van der Waals surface area contributed by atoms with E-state index in [1.807, 2.05) is 6.07 Å². The van der Waals surface area contributed by atoms with Gasteiger partial charge in [0.2, 0.25) is 0 Å². The Kier molecular flexibility index (Phi) is 5.08. The average Bonchev–Trinajstić information content (AvgIpc) is 2.83. The van der Waals surface area contributed by atoms with Gasteiger partial charge in [0.1, 0.15) is 5.76 Å². The molecule has 0 amide bonds. The quantitative estimate of drug-likeness (QED) is 0.822. The summed E-state index contributed by atoms with van der Waals surface area (Å²) in [5.74, 6) is 1.95. The third-order valence-electron chi connectivity index (χ3n) is 3.47. The molecule has 2 rings (SSSR count). The van der Waals surface area contributed by atoms with Crippen molar-refractivity contribution in [1.82, 2.24) is 10.2 Å². The minimum atomic E-state index is 0.859. The van der Waals surface area contributed by atoms with Gasteiger partial charge < -0.3 is 9.73 Å². The van der Waals surface area contributed by atoms with E-state index in [1.165, 1.54) is 45.4 Å². The minimum Gasteiger partial charge on any atom is -0.468 e. The van der Waals surface area contributed by atoms with Crippen molar-refractivity contribution in [2.24, 2.45) is 5.92 Å². The molecule has 3 nitrogen and oxygen atoms in total. The van der Waals surface area contributed by atoms with E-state index >= 15 is 0 Å². The van der Waals surface area contributed by atoms with E-state index in [1.54, 1.807) is 6.26 Å². The highest BCUT2D eigenvalue weighted by Crippen LogP contribution is 2.15. The molecule has 0 unspecified atom stereocenters. The van der Waals surface area contributed by atoms with Crippen LogP contribution in [0.5, 0.6) is 0 Å². The molecule has 1 aliphatic rings. The van der Waals surface area contributed by atoms with Crippen molar-refractivity contribution >= 4 is 0 Å². The highest BCUT2D eigenvalue weighted by Gasteiger charge is 2.17. The fourth-order valence-electron chi connectivity index (χ4n) is 2.60. The highest BCUT2D eigenvalue weighted by molar-refractivity contribution is 4.98. The van der Waals surface area contributed by atoms with Gasteiger partial charge in [-0.05, 0) is 56.9 Å². The summed E-state index contributed by atoms with van der Waals surface area (Å²) >= 11 is 0. The van der Waals surface area contributed by atoms with Crippen molar-refractivity contribution in [2.75, 3.05) is 26.2 Å². The summed E-state index contributed by atoms with van der Waals surface area (Å²) < 4.78 is 5.45. The lowest BCUT2D eigenvalue weighted by atomic mass is 9.97. The number of rotatable bonds is 6. The first-order valence-corrected chi connectivity index (χ1v) is 6.84. The van der Waals surface area contributed by atoms with Gasteiger partial charge in [0.25, 0.3) is 0 Å². The summed E-state index contributed by atoms with van der Waals surface area (Å²) in [4.78, 5) is 2.54. The molecule has 3 heteroatoms. The van der Waals surface area contributed by atoms with Gasteiger partial charge in [0.15, 0.2) is 0 Å². The fraction of sp³-hybridized carbons (Fsp3) is 0.714. The Balaban J connectivity index is 1.83. The summed E-state index contributed by atoms with van der Waals surface area (Å²) in [5, 5.41) is 3.43. The molecule has 1 aromatic rings. The van der Waals surface area contributed by atoms with Crippen LogP contribution in [0.25, 0.3) is 0 Å². The number of piperidine rings is 1. The van der Waals surface area contributed by atoms with Crippen molar-refractivity contribution in [2.45, 2.75) is 32.7 Å². The minimum absolute atomic E-state index is 0.859. The van der Waals surface area contributed by atoms with Crippen LogP contribution in [-0.4, -0.2) is 31.1 Å². The number of nitrogens with zero attached hydrogens (tertiary/aromatic N) is 1. The van der Waals surface area contributed by atoms with Crippen LogP contribution >= 0.6 is 0 Å². The molecule has 1 N–H and O–H groups in total. The third-order valence-corrected chi connectivity index (χ3v) is 3.47. The van der Waals surface area contributed by atoms with Crippen LogP contribution in [0.1, 0.15) is 31.9 Å². The molecule has 1 aliphatic heterocycles. The van der Waals surface area contributed by atoms with Gasteiger partial charge in [0.05, 0.1) is 12.8 Å². The van der Waals surface area contributed by atoms with Crippen molar-refractivity contribution in [3.05, 3.63) is 24.2 Å². The maximum absolute atomic E-state index is 5.45. The van der Waals surface area contributed by atoms with Gasteiger partial charge in [-0.15, -0.1) is 0 Å². The first-order chi connectivity index (χ1) is 8.38. The van der Waals surface area contributed by atoms with Crippen molar-refractivity contribution in [3.63, 3.8) is 0 Å². The summed E-state index contributed by atoms with van der Waals surface area (Å²) in [7, 11) is 0. The average molecular weight is 236 g/mol. The molecule has 17 heavy (non-hydrogen) atoms. The van der Waals surface area contributed by atoms with Gasteiger partial charge in [-0.2, -0.15) is 0 Å². The monoisotopic (exact) mass is 236 g/mol. The van der Waals surface area contributed by atoms with Crippen molar-refractivity contribution in [3.8, 4) is 0 Å². The Morgan fingerprint density at radius 3 is 2.88 bits per heavy atom. The first kappa shape index (κ1) is 12.7. The zero-order valence-electron chi connectivity index (χ0n) is 10.8. The molecule has 2 heterocycles. The molecule has 0 saturated carbocycles. The second-order valence-corrected chi connectivity index (χ2v) is 5.01. The molecule has 1 saturated heterocycles. The number of hydrogen-bond donors (Lipinski definition) is 1. The molecule has 0 radical (unpaired) electrons. The lowest BCUT2D eigenvalue weighted by molar-refractivity contribution is 0.187. The van der Waals surface area contributed by atoms with E-state index in [-0.39, 0.29) is 0 Å². The largest absolute Gasteiger partial charge is 0.468 e. The summed E-state index contributed by atoms with van der Waals surface area (Å²) in [6.45, 7) is 7.97. The van der Waals surface area contributed by atoms with Gasteiger partial charge in [-0.3, -0.25) is 4.90 Å². The summed E-state index contributed by atoms with van der Waals surface area (Å²) in [6.07, 6.45) is 5.62. The predicted octanol–water partition coefficient (Wildman–Crippen LogP) is 2.49. The topological polar surface area (TPSA) is 28.4 Å². The molecular formula is C14H24N2O. The lowest BCUT2D eigenvalue weighted by Crippen LogP contribution is -2.36. The molecular weight excluding hydrogens is 212 g/mol. The summed E-state index contributed by atoms with van der Waals surface area (Å²) in [6, 6.07) is 4.05. The van der Waals surface area contributed by atoms with Gasteiger partial charge in [0, 0.05) is 6.54 Å². The Morgan fingerprint density at radius 1 is 1.41 bits per heavy atom. The zero-order chi connectivity index (χ0) is 11.9. The van der Waals surface area contributed by atoms with Crippen LogP contribution in [0.2, 0.25) is 0 Å². The van der Waals surface area contributed by atoms with Gasteiger partial charge in [-0.1, -0.05) is 6.92 Å². The molecule has 1 fully saturated rings. The fourth-order valence-corrected chi connectivity index (χ4v) is 2.60. The maximum Gasteiger partial charge on any atom is 0.117 e. The maximum atomic E-state index is 5.45. The van der Waals surface area contributed by atoms with E-state index in [4.69, 9.17) is 4.42 Å². The molecule has 1 aromatic heterocycles. The van der Waals surface area contributed by atoms with E-state index in [0.29, 0.717) is 0 Å². The third kappa shape index (κ3) is 4.17. The van der Waals surface area contributed by atoms with Crippen LogP contribution in [0.3, 0.4) is 0 Å². The number of furan rings is 1. The molecule has 0 aliphatic carbocycles. The highest BCUT2D eigenvalue weighted by atomic mass is 16.3. The van der Waals surface area contributed by atoms with Crippen molar-refractivity contribution < 1.29 is 4.42 Å². The molecule has 96 valence electrons. The second-order valence-electron chi connectivity index (χ2n) is 5.01. The first-order valence-electron chi connectivity index (χ1n) is 6.84. The SMILES string of the molecule is CCCN(Cc1ccco1)CC1CCNCC1. The van der Waals surface area contributed by atoms with E-state index in [9.17, 15) is 0 Å². The number of nitrogens with one attached hydrogen (secondary N) is 1. The van der Waals surface area contributed by atoms with Crippen molar-refractivity contribution in [1.29, 1.82) is 0 Å². The van der Waals surface area contributed by atoms with Crippen LogP contribution in [-0.2, 0) is 6.54 Å². The molecule has 0 bridgehead atoms. The van der Waals surface area contributed by atoms with E-state index in [2.05, 4.69) is 23.2 Å². The Hall–Kier alpha value is -0.800. The van der Waals surface area contributed by atoms with Crippen LogP contribution in [0, 0.1) is 5.92 Å². The van der Waals surface area contributed by atoms with Crippen LogP contribution in [0.4, 0.5) is 0 Å². The Morgan fingerprint density at radius 2 is 2.24 bits per heavy atom. The predicted molar refractivity (Wildman–Crippen MR) is 69.9 cm³/mol. The Bertz CT molecular complexity index is 291. The van der Waals surface area contributed by atoms with Crippen LogP contribution < -0.4 is 5.32 Å². The van der Waals surface area contributed by atoms with Gasteiger partial charge in [-0.25, -0.2) is 0 Å². The van der Waals surface area contributed by atoms with E-state index < -0.39 is 0 Å². The normalized spacial score (nSPS) is 17.8. The standard InChI is InChI=1S/C14H24N2O/c1-2-9-16(12-14-4-3-10-17-14)11-13-5-7-15-8-6-13/h3-4,10,13,15H,2,5-9,11-12H2,1H3. The lowest BCUT2D eigenvalue weighted by Gasteiger charge is -2.29. The van der Waals surface area contributed by atoms with E-state index in [0.717, 1.165) is 18.2 Å². The van der Waals surface area contributed by atoms with Crippen LogP contribution in [0.15, 0.2) is 22.8 Å².